The maximum absolute atomic E-state index is 12.3. The minimum absolute atomic E-state index is 0.0799. The number of rotatable bonds is 5. The molecule has 0 spiro atoms. The maximum atomic E-state index is 12.3. The van der Waals surface area contributed by atoms with Crippen LogP contribution >= 0.6 is 0 Å². The van der Waals surface area contributed by atoms with Crippen molar-refractivity contribution in [2.45, 2.75) is 6.42 Å². The molecule has 0 aliphatic carbocycles. The summed E-state index contributed by atoms with van der Waals surface area (Å²) in [5.74, 6) is -1.25. The van der Waals surface area contributed by atoms with Gasteiger partial charge in [0, 0.05) is 18.7 Å². The van der Waals surface area contributed by atoms with E-state index in [0.29, 0.717) is 12.1 Å². The molecule has 0 saturated carbocycles. The lowest BCUT2D eigenvalue weighted by atomic mass is 10.1. The van der Waals surface area contributed by atoms with Crippen LogP contribution in [0.1, 0.15) is 22.3 Å². The minimum atomic E-state index is -0.448. The summed E-state index contributed by atoms with van der Waals surface area (Å²) >= 11 is 0. The number of nitrogens with zero attached hydrogens (tertiary/aromatic N) is 2. The van der Waals surface area contributed by atoms with E-state index in [1.165, 1.54) is 13.3 Å². The van der Waals surface area contributed by atoms with E-state index in [9.17, 15) is 14.4 Å². The zero-order chi connectivity index (χ0) is 19.2. The van der Waals surface area contributed by atoms with E-state index in [0.717, 1.165) is 11.3 Å². The van der Waals surface area contributed by atoms with Crippen molar-refractivity contribution in [3.63, 3.8) is 0 Å². The second kappa shape index (κ2) is 8.27. The quantitative estimate of drug-likeness (QED) is 0.499. The summed E-state index contributed by atoms with van der Waals surface area (Å²) in [4.78, 5) is 37.4. The number of anilines is 1. The monoisotopic (exact) mass is 365 g/mol. The standard InChI is InChI=1S/C20H19N3O4/c1-27-20(26)15-9-7-14(8-10-15)12-21-22-19(25)16-11-18(24)23(13-16)17-5-3-2-4-6-17/h2-10,12,16H,11,13H2,1H3,(H,22,25)/b21-12+. The fourth-order valence-corrected chi connectivity index (χ4v) is 2.83. The highest BCUT2D eigenvalue weighted by atomic mass is 16.5. The van der Waals surface area contributed by atoms with Crippen molar-refractivity contribution in [3.8, 4) is 0 Å². The van der Waals surface area contributed by atoms with Crippen LogP contribution in [0.15, 0.2) is 59.7 Å². The molecule has 1 atom stereocenters. The molecular formula is C20H19N3O4. The Bertz CT molecular complexity index is 863. The van der Waals surface area contributed by atoms with Crippen molar-refractivity contribution in [2.24, 2.45) is 11.0 Å². The number of amides is 2. The van der Waals surface area contributed by atoms with E-state index in [2.05, 4.69) is 15.3 Å². The second-order valence-corrected chi connectivity index (χ2v) is 6.09. The lowest BCUT2D eigenvalue weighted by Crippen LogP contribution is -2.30. The topological polar surface area (TPSA) is 88.1 Å². The second-order valence-electron chi connectivity index (χ2n) is 6.09. The molecule has 7 heteroatoms. The Hall–Kier alpha value is -3.48. The van der Waals surface area contributed by atoms with Gasteiger partial charge in [-0.3, -0.25) is 9.59 Å². The summed E-state index contributed by atoms with van der Waals surface area (Å²) in [5.41, 5.74) is 4.41. The van der Waals surface area contributed by atoms with Gasteiger partial charge >= 0.3 is 5.97 Å². The van der Waals surface area contributed by atoms with Crippen molar-refractivity contribution in [2.75, 3.05) is 18.6 Å². The predicted molar refractivity (Wildman–Crippen MR) is 100 cm³/mol. The van der Waals surface area contributed by atoms with Crippen molar-refractivity contribution in [1.82, 2.24) is 5.43 Å². The van der Waals surface area contributed by atoms with Crippen molar-refractivity contribution in [3.05, 3.63) is 65.7 Å². The van der Waals surface area contributed by atoms with E-state index < -0.39 is 11.9 Å². The highest BCUT2D eigenvalue weighted by Gasteiger charge is 2.34. The number of nitrogens with one attached hydrogen (secondary N) is 1. The highest BCUT2D eigenvalue weighted by molar-refractivity contribution is 6.00. The summed E-state index contributed by atoms with van der Waals surface area (Å²) in [7, 11) is 1.32. The first-order chi connectivity index (χ1) is 13.1. The number of benzene rings is 2. The van der Waals surface area contributed by atoms with Gasteiger partial charge in [-0.1, -0.05) is 30.3 Å². The van der Waals surface area contributed by atoms with Crippen LogP contribution in [0.5, 0.6) is 0 Å². The molecule has 1 aliphatic rings. The molecule has 1 fully saturated rings. The van der Waals surface area contributed by atoms with Gasteiger partial charge in [0.25, 0.3) is 0 Å². The van der Waals surface area contributed by atoms with Gasteiger partial charge < -0.3 is 9.64 Å². The van der Waals surface area contributed by atoms with E-state index >= 15 is 0 Å². The van der Waals surface area contributed by atoms with Crippen LogP contribution in [-0.4, -0.2) is 37.7 Å². The van der Waals surface area contributed by atoms with Crippen LogP contribution < -0.4 is 10.3 Å². The lowest BCUT2D eigenvalue weighted by Gasteiger charge is -2.16. The summed E-state index contributed by atoms with van der Waals surface area (Å²) in [6.45, 7) is 0.331. The van der Waals surface area contributed by atoms with Crippen LogP contribution in [0, 0.1) is 5.92 Å². The first-order valence-corrected chi connectivity index (χ1v) is 8.45. The molecule has 1 heterocycles. The van der Waals surface area contributed by atoms with Crippen molar-refractivity contribution in [1.29, 1.82) is 0 Å². The molecule has 1 saturated heterocycles. The predicted octanol–water partition coefficient (Wildman–Crippen LogP) is 1.98. The molecule has 1 aliphatic heterocycles. The van der Waals surface area contributed by atoms with Crippen molar-refractivity contribution >= 4 is 29.7 Å². The number of carbonyl (C=O) groups is 3. The van der Waals surface area contributed by atoms with Crippen LogP contribution in [0.2, 0.25) is 0 Å². The third kappa shape index (κ3) is 4.38. The van der Waals surface area contributed by atoms with Gasteiger partial charge in [0.05, 0.1) is 24.8 Å². The van der Waals surface area contributed by atoms with E-state index in [1.54, 1.807) is 29.2 Å². The number of hydrogen-bond donors (Lipinski definition) is 1. The van der Waals surface area contributed by atoms with Crippen molar-refractivity contribution < 1.29 is 19.1 Å². The fraction of sp³-hybridized carbons (Fsp3) is 0.200. The summed E-state index contributed by atoms with van der Waals surface area (Å²) in [6, 6.07) is 15.9. The van der Waals surface area contributed by atoms with Gasteiger partial charge in [-0.2, -0.15) is 5.10 Å². The fourth-order valence-electron chi connectivity index (χ4n) is 2.83. The Morgan fingerprint density at radius 1 is 1.15 bits per heavy atom. The molecule has 0 radical (unpaired) electrons. The van der Waals surface area contributed by atoms with Crippen LogP contribution in [-0.2, 0) is 14.3 Å². The first-order valence-electron chi connectivity index (χ1n) is 8.45. The smallest absolute Gasteiger partial charge is 0.337 e. The van der Waals surface area contributed by atoms with E-state index in [-0.39, 0.29) is 18.2 Å². The Morgan fingerprint density at radius 2 is 1.85 bits per heavy atom. The maximum Gasteiger partial charge on any atom is 0.337 e. The number of ether oxygens (including phenoxy) is 1. The Labute approximate surface area is 156 Å². The molecule has 2 aromatic carbocycles. The molecule has 1 unspecified atom stereocenters. The largest absolute Gasteiger partial charge is 0.465 e. The van der Waals surface area contributed by atoms with Gasteiger partial charge in [-0.05, 0) is 29.8 Å². The summed E-state index contributed by atoms with van der Waals surface area (Å²) < 4.78 is 4.63. The zero-order valence-electron chi connectivity index (χ0n) is 14.8. The number of hydrazone groups is 1. The van der Waals surface area contributed by atoms with Gasteiger partial charge in [0.2, 0.25) is 11.8 Å². The molecule has 2 aromatic rings. The molecular weight excluding hydrogens is 346 g/mol. The summed E-state index contributed by atoms with van der Waals surface area (Å²) in [6.07, 6.45) is 1.63. The molecule has 7 nitrogen and oxygen atoms in total. The first kappa shape index (κ1) is 18.3. The van der Waals surface area contributed by atoms with Crippen LogP contribution in [0.3, 0.4) is 0 Å². The Kier molecular flexibility index (Phi) is 5.61. The Balaban J connectivity index is 1.56. The zero-order valence-corrected chi connectivity index (χ0v) is 14.8. The average Bonchev–Trinajstić information content (AvgIpc) is 3.10. The molecule has 138 valence electrons. The molecule has 0 bridgehead atoms. The third-order valence-electron chi connectivity index (χ3n) is 4.28. The third-order valence-corrected chi connectivity index (χ3v) is 4.28. The molecule has 3 rings (SSSR count). The number of methoxy groups -OCH3 is 1. The number of carbonyl (C=O) groups excluding carboxylic acids is 3. The van der Waals surface area contributed by atoms with Gasteiger partial charge in [0.15, 0.2) is 0 Å². The van der Waals surface area contributed by atoms with Gasteiger partial charge in [-0.15, -0.1) is 0 Å². The van der Waals surface area contributed by atoms with Crippen LogP contribution in [0.25, 0.3) is 0 Å². The average molecular weight is 365 g/mol. The minimum Gasteiger partial charge on any atom is -0.465 e. The SMILES string of the molecule is COC(=O)c1ccc(/C=N/NC(=O)C2CC(=O)N(c3ccccc3)C2)cc1. The lowest BCUT2D eigenvalue weighted by molar-refractivity contribution is -0.126. The number of para-hydroxylation sites is 1. The molecule has 1 N–H and O–H groups in total. The Morgan fingerprint density at radius 3 is 2.52 bits per heavy atom. The number of hydrogen-bond acceptors (Lipinski definition) is 5. The van der Waals surface area contributed by atoms with Crippen LogP contribution in [0.4, 0.5) is 5.69 Å². The normalized spacial score (nSPS) is 16.6. The number of esters is 1. The molecule has 27 heavy (non-hydrogen) atoms. The molecule has 0 aromatic heterocycles. The van der Waals surface area contributed by atoms with Gasteiger partial charge in [-0.25, -0.2) is 10.2 Å². The molecule has 2 amide bonds. The summed E-state index contributed by atoms with van der Waals surface area (Å²) in [5, 5.41) is 3.93. The van der Waals surface area contributed by atoms with E-state index in [4.69, 9.17) is 0 Å². The van der Waals surface area contributed by atoms with Gasteiger partial charge in [0.1, 0.15) is 0 Å². The van der Waals surface area contributed by atoms with E-state index in [1.807, 2.05) is 30.3 Å². The highest BCUT2D eigenvalue weighted by Crippen LogP contribution is 2.24.